The summed E-state index contributed by atoms with van der Waals surface area (Å²) in [5, 5.41) is 0. The van der Waals surface area contributed by atoms with Crippen LogP contribution in [-0.2, 0) is 9.53 Å². The third-order valence-electron chi connectivity index (χ3n) is 6.48. The van der Waals surface area contributed by atoms with Crippen molar-refractivity contribution in [3.05, 3.63) is 48.5 Å². The summed E-state index contributed by atoms with van der Waals surface area (Å²) in [7, 11) is 1.73. The van der Waals surface area contributed by atoms with E-state index < -0.39 is 0 Å². The molecule has 4 aliphatic rings. The lowest BCUT2D eigenvalue weighted by atomic mass is 9.71. The van der Waals surface area contributed by atoms with Gasteiger partial charge in [-0.2, -0.15) is 0 Å². The van der Waals surface area contributed by atoms with Crippen LogP contribution in [0.25, 0.3) is 0 Å². The molecule has 3 aliphatic heterocycles. The van der Waals surface area contributed by atoms with Gasteiger partial charge in [0.1, 0.15) is 11.8 Å². The van der Waals surface area contributed by atoms with Crippen molar-refractivity contribution >= 4 is 18.0 Å². The maximum Gasteiger partial charge on any atom is 0.241 e. The van der Waals surface area contributed by atoms with E-state index in [1.807, 2.05) is 29.2 Å². The number of hydrogen-bond acceptors (Lipinski definition) is 5. The zero-order valence-electron chi connectivity index (χ0n) is 15.5. The molecular formula is C20H26N4O2S. The summed E-state index contributed by atoms with van der Waals surface area (Å²) < 4.78 is 9.73. The second kappa shape index (κ2) is 6.95. The highest BCUT2D eigenvalue weighted by atomic mass is 32.2. The summed E-state index contributed by atoms with van der Waals surface area (Å²) >= 11 is 1.59. The Kier molecular flexibility index (Phi) is 4.44. The SMILES string of the molecule is COC1=CC2CCN3C(=O)C4CCCC(C3C2C=C1)N4SNn1cccc1. The van der Waals surface area contributed by atoms with Gasteiger partial charge in [0, 0.05) is 30.9 Å². The average molecular weight is 387 g/mol. The van der Waals surface area contributed by atoms with E-state index >= 15 is 0 Å². The molecule has 5 unspecified atom stereocenters. The highest BCUT2D eigenvalue weighted by Crippen LogP contribution is 2.46. The lowest BCUT2D eigenvalue weighted by molar-refractivity contribution is -0.154. The molecule has 5 rings (SSSR count). The molecule has 1 amide bonds. The number of amides is 1. The van der Waals surface area contributed by atoms with E-state index in [9.17, 15) is 4.79 Å². The van der Waals surface area contributed by atoms with Crippen LogP contribution in [0.2, 0.25) is 0 Å². The predicted octanol–water partition coefficient (Wildman–Crippen LogP) is 2.76. The number of carbonyl (C=O) groups excluding carboxylic acids is 1. The minimum atomic E-state index is -0.0118. The van der Waals surface area contributed by atoms with E-state index in [-0.39, 0.29) is 12.1 Å². The minimum absolute atomic E-state index is 0.0118. The van der Waals surface area contributed by atoms with Gasteiger partial charge in [-0.1, -0.05) is 6.08 Å². The zero-order chi connectivity index (χ0) is 18.4. The average Bonchev–Trinajstić information content (AvgIpc) is 3.23. The molecule has 5 atom stereocenters. The quantitative estimate of drug-likeness (QED) is 0.807. The van der Waals surface area contributed by atoms with Crippen LogP contribution in [0.1, 0.15) is 25.7 Å². The van der Waals surface area contributed by atoms with Gasteiger partial charge in [-0.3, -0.25) is 14.3 Å². The van der Waals surface area contributed by atoms with E-state index in [0.717, 1.165) is 38.0 Å². The van der Waals surface area contributed by atoms with Gasteiger partial charge in [-0.05, 0) is 55.9 Å². The van der Waals surface area contributed by atoms with Crippen LogP contribution in [0.5, 0.6) is 0 Å². The van der Waals surface area contributed by atoms with Crippen molar-refractivity contribution in [3.8, 4) is 0 Å². The van der Waals surface area contributed by atoms with Gasteiger partial charge in [0.25, 0.3) is 0 Å². The van der Waals surface area contributed by atoms with Gasteiger partial charge in [-0.25, -0.2) is 4.31 Å². The maximum atomic E-state index is 13.3. The van der Waals surface area contributed by atoms with Gasteiger partial charge < -0.3 is 9.64 Å². The van der Waals surface area contributed by atoms with Gasteiger partial charge in [0.2, 0.25) is 5.91 Å². The molecule has 0 spiro atoms. The van der Waals surface area contributed by atoms with Crippen molar-refractivity contribution in [3.63, 3.8) is 0 Å². The van der Waals surface area contributed by atoms with Crippen molar-refractivity contribution in [1.82, 2.24) is 13.9 Å². The third-order valence-corrected chi connectivity index (χ3v) is 7.51. The minimum Gasteiger partial charge on any atom is -0.497 e. The molecule has 6 nitrogen and oxygen atoms in total. The van der Waals surface area contributed by atoms with Gasteiger partial charge in [0.15, 0.2) is 0 Å². The van der Waals surface area contributed by atoms with Gasteiger partial charge in [0.05, 0.1) is 25.3 Å². The first-order chi connectivity index (χ1) is 13.3. The standard InChI is InChI=1S/C20H26N4O2S/c1-26-15-7-8-16-14(13-15)9-12-23-19(16)17-5-4-6-18(20(23)25)24(17)27-21-22-10-2-3-11-22/h2-3,7-8,10-11,13-14,16-19,21H,4-6,9,12H2,1H3. The van der Waals surface area contributed by atoms with Crippen LogP contribution >= 0.6 is 12.1 Å². The molecule has 1 aromatic heterocycles. The van der Waals surface area contributed by atoms with Crippen molar-refractivity contribution in [2.24, 2.45) is 11.8 Å². The molecule has 0 radical (unpaired) electrons. The summed E-state index contributed by atoms with van der Waals surface area (Å²) in [5.74, 6) is 2.10. The summed E-state index contributed by atoms with van der Waals surface area (Å²) in [6.07, 6.45) is 14.8. The maximum absolute atomic E-state index is 13.3. The van der Waals surface area contributed by atoms with Crippen LogP contribution in [-0.4, -0.2) is 51.6 Å². The Balaban J connectivity index is 1.42. The Labute approximate surface area is 164 Å². The van der Waals surface area contributed by atoms with Crippen LogP contribution in [0.3, 0.4) is 0 Å². The lowest BCUT2D eigenvalue weighted by Crippen LogP contribution is -2.70. The Hall–Kier alpha value is -1.86. The Morgan fingerprint density at radius 3 is 2.89 bits per heavy atom. The summed E-state index contributed by atoms with van der Waals surface area (Å²) in [5.41, 5.74) is 0. The second-order valence-electron chi connectivity index (χ2n) is 7.83. The molecule has 1 aromatic rings. The first-order valence-electron chi connectivity index (χ1n) is 9.85. The number of fused-ring (bicyclic) bond motifs is 6. The molecule has 7 heteroatoms. The number of carbonyl (C=O) groups is 1. The number of nitrogens with one attached hydrogen (secondary N) is 1. The summed E-state index contributed by atoms with van der Waals surface area (Å²) in [6, 6.07) is 4.61. The van der Waals surface area contributed by atoms with E-state index in [1.165, 1.54) is 0 Å². The van der Waals surface area contributed by atoms with E-state index in [0.29, 0.717) is 23.8 Å². The predicted molar refractivity (Wildman–Crippen MR) is 106 cm³/mol. The highest BCUT2D eigenvalue weighted by molar-refractivity contribution is 7.98. The fourth-order valence-corrected chi connectivity index (χ4v) is 6.24. The van der Waals surface area contributed by atoms with Gasteiger partial charge in [-0.15, -0.1) is 0 Å². The zero-order valence-corrected chi connectivity index (χ0v) is 16.3. The van der Waals surface area contributed by atoms with Gasteiger partial charge >= 0.3 is 0 Å². The summed E-state index contributed by atoms with van der Waals surface area (Å²) in [4.78, 5) is 18.9. The molecule has 4 heterocycles. The van der Waals surface area contributed by atoms with Crippen LogP contribution in [0.15, 0.2) is 48.5 Å². The molecule has 144 valence electrons. The number of piperazine rings is 1. The molecule has 1 N–H and O–H groups in total. The number of nitrogens with zero attached hydrogens (tertiary/aromatic N) is 3. The summed E-state index contributed by atoms with van der Waals surface area (Å²) in [6.45, 7) is 0.864. The largest absolute Gasteiger partial charge is 0.497 e. The fourth-order valence-electron chi connectivity index (χ4n) is 5.24. The molecule has 1 aliphatic carbocycles. The number of methoxy groups -OCH3 is 1. The molecular weight excluding hydrogens is 360 g/mol. The number of rotatable bonds is 4. The number of hydrogen-bond donors (Lipinski definition) is 1. The highest BCUT2D eigenvalue weighted by Gasteiger charge is 2.54. The van der Waals surface area contributed by atoms with Crippen molar-refractivity contribution in [2.75, 3.05) is 18.5 Å². The van der Waals surface area contributed by atoms with Crippen LogP contribution in [0, 0.1) is 11.8 Å². The number of piperidine rings is 2. The molecule has 27 heavy (non-hydrogen) atoms. The van der Waals surface area contributed by atoms with E-state index in [4.69, 9.17) is 4.74 Å². The Morgan fingerprint density at radius 2 is 2.07 bits per heavy atom. The molecule has 0 saturated carbocycles. The topological polar surface area (TPSA) is 49.7 Å². The normalized spacial score (nSPS) is 35.3. The molecule has 3 saturated heterocycles. The van der Waals surface area contributed by atoms with Crippen molar-refractivity contribution in [2.45, 2.75) is 43.8 Å². The first-order valence-corrected chi connectivity index (χ1v) is 10.6. The molecule has 3 fully saturated rings. The monoisotopic (exact) mass is 386 g/mol. The number of ether oxygens (including phenoxy) is 1. The fraction of sp³-hybridized carbons (Fsp3) is 0.550. The van der Waals surface area contributed by atoms with Crippen molar-refractivity contribution in [1.29, 1.82) is 0 Å². The Bertz CT molecular complexity index is 762. The van der Waals surface area contributed by atoms with E-state index in [1.54, 1.807) is 19.2 Å². The van der Waals surface area contributed by atoms with Crippen molar-refractivity contribution < 1.29 is 9.53 Å². The van der Waals surface area contributed by atoms with Crippen LogP contribution in [0.4, 0.5) is 0 Å². The number of allylic oxidation sites excluding steroid dienone is 2. The third kappa shape index (κ3) is 2.88. The van der Waals surface area contributed by atoms with E-state index in [2.05, 4.69) is 32.3 Å². The molecule has 2 bridgehead atoms. The van der Waals surface area contributed by atoms with Crippen LogP contribution < -0.4 is 4.83 Å². The first kappa shape index (κ1) is 17.3. The Morgan fingerprint density at radius 1 is 1.22 bits per heavy atom. The molecule has 0 aromatic carbocycles. The number of aromatic nitrogens is 1. The second-order valence-corrected chi connectivity index (χ2v) is 8.62. The lowest BCUT2D eigenvalue weighted by Gasteiger charge is -2.57. The smallest absolute Gasteiger partial charge is 0.241 e.